The Labute approximate surface area is 133 Å². The van der Waals surface area contributed by atoms with Crippen LogP contribution in [0.3, 0.4) is 0 Å². The van der Waals surface area contributed by atoms with Crippen LogP contribution in [0.25, 0.3) is 0 Å². The van der Waals surface area contributed by atoms with Crippen molar-refractivity contribution >= 4 is 38.1 Å². The third-order valence-electron chi connectivity index (χ3n) is 3.47. The quantitative estimate of drug-likeness (QED) is 0.823. The van der Waals surface area contributed by atoms with E-state index < -0.39 is 21.7 Å². The standard InChI is InChI=1S/C14H19NO5S2/c1-3-10-7-11(14(17)20-4-2)13(21-10)15-12(16)9-5-6-22(18,19)8-9/h7,9H,3-6,8H2,1-2H3,(H,15,16). The van der Waals surface area contributed by atoms with Crippen LogP contribution in [0.2, 0.25) is 0 Å². The Morgan fingerprint density at radius 3 is 2.68 bits per heavy atom. The minimum Gasteiger partial charge on any atom is -0.462 e. The summed E-state index contributed by atoms with van der Waals surface area (Å²) in [4.78, 5) is 25.1. The Bertz CT molecular complexity index is 677. The van der Waals surface area contributed by atoms with Gasteiger partial charge in [0.2, 0.25) is 5.91 Å². The van der Waals surface area contributed by atoms with E-state index in [9.17, 15) is 18.0 Å². The molecule has 1 unspecified atom stereocenters. The highest BCUT2D eigenvalue weighted by Gasteiger charge is 2.33. The summed E-state index contributed by atoms with van der Waals surface area (Å²) in [5.41, 5.74) is 0.331. The smallest absolute Gasteiger partial charge is 0.341 e. The second-order valence-corrected chi connectivity index (χ2v) is 8.48. The topological polar surface area (TPSA) is 89.5 Å². The Morgan fingerprint density at radius 2 is 2.14 bits per heavy atom. The Hall–Kier alpha value is -1.41. The summed E-state index contributed by atoms with van der Waals surface area (Å²) in [6, 6.07) is 1.71. The Balaban J connectivity index is 2.16. The number of thiophene rings is 1. The van der Waals surface area contributed by atoms with Crippen molar-refractivity contribution in [2.45, 2.75) is 26.7 Å². The molecule has 6 nitrogen and oxygen atoms in total. The van der Waals surface area contributed by atoms with Crippen molar-refractivity contribution in [2.75, 3.05) is 23.4 Å². The fraction of sp³-hybridized carbons (Fsp3) is 0.571. The van der Waals surface area contributed by atoms with Gasteiger partial charge in [0.05, 0.1) is 29.6 Å². The van der Waals surface area contributed by atoms with E-state index in [1.54, 1.807) is 13.0 Å². The summed E-state index contributed by atoms with van der Waals surface area (Å²) < 4.78 is 27.9. The van der Waals surface area contributed by atoms with E-state index in [1.807, 2.05) is 6.92 Å². The summed E-state index contributed by atoms with van der Waals surface area (Å²) in [6.45, 7) is 3.92. The van der Waals surface area contributed by atoms with Crippen LogP contribution in [0.5, 0.6) is 0 Å². The molecule has 8 heteroatoms. The van der Waals surface area contributed by atoms with E-state index in [2.05, 4.69) is 5.32 Å². The monoisotopic (exact) mass is 345 g/mol. The molecule has 122 valence electrons. The molecule has 0 bridgehead atoms. The first-order chi connectivity index (χ1) is 10.4. The lowest BCUT2D eigenvalue weighted by Crippen LogP contribution is -2.24. The summed E-state index contributed by atoms with van der Waals surface area (Å²) >= 11 is 1.32. The largest absolute Gasteiger partial charge is 0.462 e. The number of hydrogen-bond donors (Lipinski definition) is 1. The molecule has 1 aliphatic heterocycles. The lowest BCUT2D eigenvalue weighted by atomic mass is 10.1. The number of amides is 1. The highest BCUT2D eigenvalue weighted by molar-refractivity contribution is 7.91. The van der Waals surface area contributed by atoms with E-state index in [4.69, 9.17) is 4.74 Å². The van der Waals surface area contributed by atoms with E-state index in [0.29, 0.717) is 17.0 Å². The molecule has 2 heterocycles. The summed E-state index contributed by atoms with van der Waals surface area (Å²) in [5, 5.41) is 3.13. The van der Waals surface area contributed by atoms with E-state index in [-0.39, 0.29) is 24.0 Å². The summed E-state index contributed by atoms with van der Waals surface area (Å²) in [7, 11) is -3.12. The van der Waals surface area contributed by atoms with Crippen molar-refractivity contribution < 1.29 is 22.7 Å². The van der Waals surface area contributed by atoms with Crippen LogP contribution >= 0.6 is 11.3 Å². The fourth-order valence-electron chi connectivity index (χ4n) is 2.29. The molecule has 0 saturated carbocycles. The van der Waals surface area contributed by atoms with E-state index in [0.717, 1.165) is 11.3 Å². The van der Waals surface area contributed by atoms with Crippen LogP contribution in [0.1, 0.15) is 35.5 Å². The first kappa shape index (κ1) is 17.0. The first-order valence-corrected chi connectivity index (χ1v) is 9.81. The molecule has 1 aliphatic rings. The zero-order chi connectivity index (χ0) is 16.3. The van der Waals surface area contributed by atoms with Crippen molar-refractivity contribution in [3.63, 3.8) is 0 Å². The molecule has 1 amide bonds. The maximum atomic E-state index is 12.2. The molecule has 1 fully saturated rings. The number of carbonyl (C=O) groups is 2. The number of esters is 1. The minimum atomic E-state index is -3.12. The number of hydrogen-bond acceptors (Lipinski definition) is 6. The van der Waals surface area contributed by atoms with Gasteiger partial charge in [0, 0.05) is 4.88 Å². The SMILES string of the molecule is CCOC(=O)c1cc(CC)sc1NC(=O)C1CCS(=O)(=O)C1. The molecule has 0 aliphatic carbocycles. The van der Waals surface area contributed by atoms with Gasteiger partial charge in [0.1, 0.15) is 5.00 Å². The van der Waals surface area contributed by atoms with Gasteiger partial charge in [-0.05, 0) is 25.8 Å². The molecule has 22 heavy (non-hydrogen) atoms. The highest BCUT2D eigenvalue weighted by atomic mass is 32.2. The zero-order valence-electron chi connectivity index (χ0n) is 12.5. The Kier molecular flexibility index (Phi) is 5.23. The van der Waals surface area contributed by atoms with Crippen LogP contribution in [0.4, 0.5) is 5.00 Å². The summed E-state index contributed by atoms with van der Waals surface area (Å²) in [6.07, 6.45) is 1.07. The number of carbonyl (C=O) groups excluding carboxylic acids is 2. The third kappa shape index (κ3) is 3.86. The number of nitrogens with one attached hydrogen (secondary N) is 1. The van der Waals surface area contributed by atoms with Crippen molar-refractivity contribution in [1.82, 2.24) is 0 Å². The molecule has 1 aromatic rings. The van der Waals surface area contributed by atoms with Gasteiger partial charge in [-0.15, -0.1) is 11.3 Å². The second-order valence-electron chi connectivity index (χ2n) is 5.12. The molecule has 1 N–H and O–H groups in total. The van der Waals surface area contributed by atoms with Gasteiger partial charge in [0.15, 0.2) is 9.84 Å². The van der Waals surface area contributed by atoms with Crippen LogP contribution in [0, 0.1) is 5.92 Å². The number of aryl methyl sites for hydroxylation is 1. The maximum Gasteiger partial charge on any atom is 0.341 e. The minimum absolute atomic E-state index is 0.0421. The predicted octanol–water partition coefficient (Wildman–Crippen LogP) is 1.86. The highest BCUT2D eigenvalue weighted by Crippen LogP contribution is 2.30. The first-order valence-electron chi connectivity index (χ1n) is 7.17. The van der Waals surface area contributed by atoms with Crippen molar-refractivity contribution in [3.8, 4) is 0 Å². The number of ether oxygens (including phenoxy) is 1. The Morgan fingerprint density at radius 1 is 1.41 bits per heavy atom. The van der Waals surface area contributed by atoms with Crippen molar-refractivity contribution in [2.24, 2.45) is 5.92 Å². The molecule has 0 aromatic carbocycles. The molecule has 1 atom stereocenters. The molecular formula is C14H19NO5S2. The lowest BCUT2D eigenvalue weighted by Gasteiger charge is -2.09. The van der Waals surface area contributed by atoms with Crippen LogP contribution in [-0.2, 0) is 25.8 Å². The zero-order valence-corrected chi connectivity index (χ0v) is 14.2. The maximum absolute atomic E-state index is 12.2. The molecular weight excluding hydrogens is 326 g/mol. The molecule has 1 saturated heterocycles. The van der Waals surface area contributed by atoms with E-state index in [1.165, 1.54) is 11.3 Å². The van der Waals surface area contributed by atoms with Gasteiger partial charge in [-0.25, -0.2) is 13.2 Å². The van der Waals surface area contributed by atoms with Crippen LogP contribution < -0.4 is 5.32 Å². The molecule has 1 aromatic heterocycles. The fourth-order valence-corrected chi connectivity index (χ4v) is 5.01. The predicted molar refractivity (Wildman–Crippen MR) is 85.0 cm³/mol. The lowest BCUT2D eigenvalue weighted by molar-refractivity contribution is -0.119. The van der Waals surface area contributed by atoms with Gasteiger partial charge in [-0.3, -0.25) is 4.79 Å². The van der Waals surface area contributed by atoms with Crippen molar-refractivity contribution in [1.29, 1.82) is 0 Å². The summed E-state index contributed by atoms with van der Waals surface area (Å²) in [5.74, 6) is -1.46. The second kappa shape index (κ2) is 6.78. The van der Waals surface area contributed by atoms with Gasteiger partial charge < -0.3 is 10.1 Å². The number of sulfone groups is 1. The van der Waals surface area contributed by atoms with Gasteiger partial charge in [0.25, 0.3) is 0 Å². The van der Waals surface area contributed by atoms with Gasteiger partial charge in [-0.2, -0.15) is 0 Å². The average Bonchev–Trinajstić information content (AvgIpc) is 3.02. The molecule has 0 radical (unpaired) electrons. The van der Waals surface area contributed by atoms with Crippen molar-refractivity contribution in [3.05, 3.63) is 16.5 Å². The molecule has 0 spiro atoms. The van der Waals surface area contributed by atoms with Gasteiger partial charge in [-0.1, -0.05) is 6.92 Å². The van der Waals surface area contributed by atoms with Gasteiger partial charge >= 0.3 is 5.97 Å². The van der Waals surface area contributed by atoms with E-state index >= 15 is 0 Å². The number of anilines is 1. The number of rotatable bonds is 5. The van der Waals surface area contributed by atoms with Crippen LogP contribution in [-0.4, -0.2) is 38.4 Å². The average molecular weight is 345 g/mol. The van der Waals surface area contributed by atoms with Crippen LogP contribution in [0.15, 0.2) is 6.07 Å². The normalized spacial score (nSPS) is 19.8. The third-order valence-corrected chi connectivity index (χ3v) is 6.43. The molecule has 2 rings (SSSR count).